The van der Waals surface area contributed by atoms with E-state index in [-0.39, 0.29) is 24.5 Å². The van der Waals surface area contributed by atoms with Crippen molar-refractivity contribution in [2.75, 3.05) is 6.61 Å². The number of carbonyl (C=O) groups is 3. The first-order valence-corrected chi connectivity index (χ1v) is 12.0. The summed E-state index contributed by atoms with van der Waals surface area (Å²) >= 11 is 0. The third kappa shape index (κ3) is 4.93. The number of nitrogens with one attached hydrogen (secondary N) is 2. The molecule has 2 unspecified atom stereocenters. The summed E-state index contributed by atoms with van der Waals surface area (Å²) in [7, 11) is 0. The Kier molecular flexibility index (Phi) is 7.20. The van der Waals surface area contributed by atoms with E-state index in [0.29, 0.717) is 12.8 Å². The van der Waals surface area contributed by atoms with E-state index in [0.717, 1.165) is 24.0 Å². The van der Waals surface area contributed by atoms with Crippen molar-refractivity contribution >= 4 is 18.0 Å². The molecule has 2 aliphatic carbocycles. The van der Waals surface area contributed by atoms with Gasteiger partial charge in [0, 0.05) is 18.0 Å². The highest BCUT2D eigenvalue weighted by molar-refractivity contribution is 5.82. The topological polar surface area (TPSA) is 105 Å². The number of carbonyl (C=O) groups excluding carboxylic acids is 2. The average molecular weight is 465 g/mol. The minimum absolute atomic E-state index is 0.0260. The zero-order chi connectivity index (χ0) is 24.2. The van der Waals surface area contributed by atoms with Crippen LogP contribution >= 0.6 is 0 Å². The molecular formula is C27H32N2O5. The molecule has 4 rings (SSSR count). The molecule has 180 valence electrons. The highest BCUT2D eigenvalue weighted by Gasteiger charge is 2.35. The molecule has 1 saturated carbocycles. The zero-order valence-corrected chi connectivity index (χ0v) is 19.6. The van der Waals surface area contributed by atoms with Crippen LogP contribution in [0.2, 0.25) is 0 Å². The van der Waals surface area contributed by atoms with Gasteiger partial charge in [0.1, 0.15) is 6.61 Å². The minimum atomic E-state index is -0.954. The molecule has 3 N–H and O–H groups in total. The first-order chi connectivity index (χ1) is 16.4. The normalized spacial score (nSPS) is 21.0. The van der Waals surface area contributed by atoms with Crippen molar-refractivity contribution in [1.82, 2.24) is 10.6 Å². The lowest BCUT2D eigenvalue weighted by Crippen LogP contribution is -2.51. The fraction of sp³-hybridized carbons (Fsp3) is 0.444. The lowest BCUT2D eigenvalue weighted by molar-refractivity contribution is -0.142. The maximum Gasteiger partial charge on any atom is 0.407 e. The van der Waals surface area contributed by atoms with Gasteiger partial charge in [-0.25, -0.2) is 4.79 Å². The van der Waals surface area contributed by atoms with E-state index >= 15 is 0 Å². The molecule has 34 heavy (non-hydrogen) atoms. The molecule has 2 aliphatic rings. The summed E-state index contributed by atoms with van der Waals surface area (Å²) in [5, 5.41) is 14.9. The molecule has 2 aromatic carbocycles. The van der Waals surface area contributed by atoms with Gasteiger partial charge < -0.3 is 20.5 Å². The Morgan fingerprint density at radius 1 is 0.971 bits per heavy atom. The molecule has 1 fully saturated rings. The van der Waals surface area contributed by atoms with Gasteiger partial charge in [0.05, 0.1) is 11.8 Å². The summed E-state index contributed by atoms with van der Waals surface area (Å²) in [5.74, 6) is -2.30. The van der Waals surface area contributed by atoms with Gasteiger partial charge >= 0.3 is 12.1 Å². The van der Waals surface area contributed by atoms with Crippen LogP contribution in [0.25, 0.3) is 11.1 Å². The van der Waals surface area contributed by atoms with Crippen LogP contribution in [0.5, 0.6) is 0 Å². The molecule has 4 atom stereocenters. The van der Waals surface area contributed by atoms with E-state index in [1.165, 1.54) is 11.1 Å². The summed E-state index contributed by atoms with van der Waals surface area (Å²) < 4.78 is 5.66. The van der Waals surface area contributed by atoms with Crippen LogP contribution in [0.15, 0.2) is 48.5 Å². The van der Waals surface area contributed by atoms with Gasteiger partial charge in [0.2, 0.25) is 5.91 Å². The van der Waals surface area contributed by atoms with Gasteiger partial charge in [-0.3, -0.25) is 9.59 Å². The number of carboxylic acids is 1. The van der Waals surface area contributed by atoms with Crippen LogP contribution in [0.1, 0.15) is 56.6 Å². The molecule has 2 aromatic rings. The SMILES string of the molecule is CC(NC(=O)[C@@H]1CCCC[C@@H]1NC(=O)OCC1c2ccccc2-c2ccccc21)C(C)C(=O)O. The van der Waals surface area contributed by atoms with E-state index in [9.17, 15) is 19.5 Å². The number of benzene rings is 2. The number of ether oxygens (including phenoxy) is 1. The van der Waals surface area contributed by atoms with Crippen molar-refractivity contribution in [1.29, 1.82) is 0 Å². The van der Waals surface area contributed by atoms with Crippen molar-refractivity contribution < 1.29 is 24.2 Å². The van der Waals surface area contributed by atoms with E-state index in [4.69, 9.17) is 4.74 Å². The van der Waals surface area contributed by atoms with Crippen molar-refractivity contribution in [2.45, 2.75) is 57.5 Å². The van der Waals surface area contributed by atoms with E-state index in [1.807, 2.05) is 24.3 Å². The zero-order valence-electron chi connectivity index (χ0n) is 19.6. The maximum atomic E-state index is 12.9. The number of hydrogen-bond donors (Lipinski definition) is 3. The number of alkyl carbamates (subject to hydrolysis) is 1. The average Bonchev–Trinajstić information content (AvgIpc) is 3.16. The van der Waals surface area contributed by atoms with Crippen molar-refractivity contribution in [2.24, 2.45) is 11.8 Å². The fourth-order valence-corrected chi connectivity index (χ4v) is 5.08. The second kappa shape index (κ2) is 10.3. The van der Waals surface area contributed by atoms with Gasteiger partial charge in [-0.1, -0.05) is 61.4 Å². The Balaban J connectivity index is 1.37. The predicted molar refractivity (Wildman–Crippen MR) is 128 cm³/mol. The number of aliphatic carboxylic acids is 1. The first-order valence-electron chi connectivity index (χ1n) is 12.0. The monoisotopic (exact) mass is 464 g/mol. The molecule has 0 bridgehead atoms. The van der Waals surface area contributed by atoms with Gasteiger partial charge in [-0.15, -0.1) is 0 Å². The molecule has 2 amide bonds. The molecule has 7 nitrogen and oxygen atoms in total. The van der Waals surface area contributed by atoms with E-state index in [2.05, 4.69) is 34.9 Å². The molecule has 0 saturated heterocycles. The van der Waals surface area contributed by atoms with E-state index in [1.54, 1.807) is 13.8 Å². The molecular weight excluding hydrogens is 432 g/mol. The van der Waals surface area contributed by atoms with Gasteiger partial charge in [-0.2, -0.15) is 0 Å². The van der Waals surface area contributed by atoms with E-state index < -0.39 is 29.9 Å². The van der Waals surface area contributed by atoms with Gasteiger partial charge in [0.15, 0.2) is 0 Å². The van der Waals surface area contributed by atoms with Crippen LogP contribution in [-0.2, 0) is 14.3 Å². The second-order valence-electron chi connectivity index (χ2n) is 9.39. The van der Waals surface area contributed by atoms with Gasteiger partial charge in [-0.05, 0) is 48.9 Å². The van der Waals surface area contributed by atoms with Crippen LogP contribution in [0.3, 0.4) is 0 Å². The largest absolute Gasteiger partial charge is 0.481 e. The molecule has 0 spiro atoms. The third-order valence-electron chi connectivity index (χ3n) is 7.26. The predicted octanol–water partition coefficient (Wildman–Crippen LogP) is 4.31. The Labute approximate surface area is 199 Å². The fourth-order valence-electron chi connectivity index (χ4n) is 5.08. The quantitative estimate of drug-likeness (QED) is 0.566. The third-order valence-corrected chi connectivity index (χ3v) is 7.26. The van der Waals surface area contributed by atoms with Crippen LogP contribution in [0.4, 0.5) is 4.79 Å². The summed E-state index contributed by atoms with van der Waals surface area (Å²) in [5.41, 5.74) is 4.63. The Morgan fingerprint density at radius 3 is 2.18 bits per heavy atom. The number of carboxylic acid groups (broad SMARTS) is 1. The van der Waals surface area contributed by atoms with Gasteiger partial charge in [0.25, 0.3) is 0 Å². The van der Waals surface area contributed by atoms with Crippen LogP contribution in [0, 0.1) is 11.8 Å². The second-order valence-corrected chi connectivity index (χ2v) is 9.39. The highest BCUT2D eigenvalue weighted by atomic mass is 16.5. The Hall–Kier alpha value is -3.35. The standard InChI is InChI=1S/C27H32N2O5/c1-16(26(31)32)17(2)28-25(30)22-13-7-8-14-24(22)29-27(33)34-15-23-20-11-5-3-9-18(20)19-10-4-6-12-21(19)23/h3-6,9-12,16-17,22-24H,7-8,13-15H2,1-2H3,(H,28,30)(H,29,33)(H,31,32)/t16?,17?,22-,24+/m1/s1. The summed E-state index contributed by atoms with van der Waals surface area (Å²) in [6.45, 7) is 3.48. The van der Waals surface area contributed by atoms with Crippen molar-refractivity contribution in [3.05, 3.63) is 59.7 Å². The van der Waals surface area contributed by atoms with Crippen molar-refractivity contribution in [3.8, 4) is 11.1 Å². The Morgan fingerprint density at radius 2 is 1.56 bits per heavy atom. The minimum Gasteiger partial charge on any atom is -0.481 e. The highest BCUT2D eigenvalue weighted by Crippen LogP contribution is 2.44. The summed E-state index contributed by atoms with van der Waals surface area (Å²) in [4.78, 5) is 36.8. The first kappa shape index (κ1) is 23.8. The number of amides is 2. The smallest absolute Gasteiger partial charge is 0.407 e. The Bertz CT molecular complexity index is 1020. The van der Waals surface area contributed by atoms with Crippen LogP contribution < -0.4 is 10.6 Å². The number of rotatable bonds is 7. The molecule has 7 heteroatoms. The molecule has 0 aromatic heterocycles. The van der Waals surface area contributed by atoms with Crippen molar-refractivity contribution in [3.63, 3.8) is 0 Å². The van der Waals surface area contributed by atoms with Crippen LogP contribution in [-0.4, -0.2) is 41.8 Å². The maximum absolute atomic E-state index is 12.9. The summed E-state index contributed by atoms with van der Waals surface area (Å²) in [6, 6.07) is 15.5. The number of fused-ring (bicyclic) bond motifs is 3. The molecule has 0 radical (unpaired) electrons. The molecule has 0 aliphatic heterocycles. The summed E-state index contributed by atoms with van der Waals surface area (Å²) in [6.07, 6.45) is 2.61. The lowest BCUT2D eigenvalue weighted by Gasteiger charge is -2.32. The lowest BCUT2D eigenvalue weighted by atomic mass is 9.83. The molecule has 0 heterocycles. The number of hydrogen-bond acceptors (Lipinski definition) is 4.